The maximum Gasteiger partial charge on any atom is 0.0634 e. The molecule has 7 aromatic rings. The topological polar surface area (TPSA) is 8.82 Å². The molecule has 0 bridgehead atoms. The molecule has 0 N–H and O–H groups in total. The van der Waals surface area contributed by atoms with Crippen molar-refractivity contribution in [3.8, 4) is 0 Å². The fraction of sp³-hybridized carbons (Fsp3) is 0.0625. The van der Waals surface area contributed by atoms with Crippen LogP contribution in [0.3, 0.4) is 0 Å². The van der Waals surface area contributed by atoms with Crippen LogP contribution in [0, 0.1) is 0 Å². The van der Waals surface area contributed by atoms with E-state index in [0.717, 1.165) is 0 Å². The molecule has 0 unspecified atom stereocenters. The van der Waals surface area contributed by atoms with Crippen LogP contribution in [-0.4, -0.2) is 8.80 Å². The van der Waals surface area contributed by atoms with Crippen LogP contribution in [0.4, 0.5) is 0 Å². The zero-order valence-electron chi connectivity index (χ0n) is 19.4. The normalized spacial score (nSPS) is 15.1. The van der Waals surface area contributed by atoms with Crippen molar-refractivity contribution in [1.29, 1.82) is 0 Å². The Morgan fingerprint density at radius 1 is 0.588 bits per heavy atom. The second-order valence-electron chi connectivity index (χ2n) is 8.88. The lowest BCUT2D eigenvalue weighted by atomic mass is 9.99. The van der Waals surface area contributed by atoms with Gasteiger partial charge in [0.05, 0.1) is 32.8 Å². The Morgan fingerprint density at radius 3 is 1.38 bits per heavy atom. The summed E-state index contributed by atoms with van der Waals surface area (Å²) in [5.74, 6) is 0. The van der Waals surface area contributed by atoms with Crippen molar-refractivity contribution in [1.82, 2.24) is 8.80 Å². The van der Waals surface area contributed by atoms with Gasteiger partial charge in [-0.05, 0) is 38.1 Å². The van der Waals surface area contributed by atoms with Crippen molar-refractivity contribution >= 4 is 78.7 Å². The van der Waals surface area contributed by atoms with Crippen molar-refractivity contribution in [2.45, 2.75) is 13.8 Å². The Kier molecular flexibility index (Phi) is 3.73. The highest BCUT2D eigenvalue weighted by molar-refractivity contribution is 6.36. The lowest BCUT2D eigenvalue weighted by Crippen LogP contribution is -2.25. The Morgan fingerprint density at radius 2 is 1.00 bits per heavy atom. The molecule has 0 radical (unpaired) electrons. The first-order valence-corrected chi connectivity index (χ1v) is 11.8. The Bertz CT molecular complexity index is 2050. The summed E-state index contributed by atoms with van der Waals surface area (Å²) in [6.45, 7) is 12.4. The Labute approximate surface area is 196 Å². The van der Waals surface area contributed by atoms with Gasteiger partial charge in [0.2, 0.25) is 0 Å². The van der Waals surface area contributed by atoms with Gasteiger partial charge in [0, 0.05) is 42.8 Å². The molecule has 0 fully saturated rings. The fourth-order valence-corrected chi connectivity index (χ4v) is 6.35. The molecule has 2 nitrogen and oxygen atoms in total. The van der Waals surface area contributed by atoms with E-state index in [1.54, 1.807) is 0 Å². The highest BCUT2D eigenvalue weighted by Gasteiger charge is 2.26. The van der Waals surface area contributed by atoms with Gasteiger partial charge in [-0.15, -0.1) is 0 Å². The van der Waals surface area contributed by atoms with E-state index in [2.05, 4.69) is 109 Å². The van der Waals surface area contributed by atoms with Crippen LogP contribution >= 0.6 is 0 Å². The number of rotatable bonds is 2. The lowest BCUT2D eigenvalue weighted by Gasteiger charge is -2.01. The van der Waals surface area contributed by atoms with E-state index in [9.17, 15) is 0 Å². The number of allylic oxidation sites excluding steroid dienone is 2. The average molecular weight is 437 g/mol. The number of aromatic nitrogens is 2. The molecule has 4 aromatic heterocycles. The smallest absolute Gasteiger partial charge is 0.0634 e. The standard InChI is InChI=1S/C32H24N2/c1-5-13-23-19(7-3)27-29-22-16-10-12-18-26(22)34-24(14-6-2)20(8-4)28(32(29)34)30-21-15-9-11-17-25(21)33(23)31(27)30/h5-18H,1-2H2,3-4H3/b19-7+,20-8+,23-13+,24-14+. The van der Waals surface area contributed by atoms with Gasteiger partial charge in [-0.2, -0.15) is 0 Å². The molecule has 2 heteroatoms. The predicted octanol–water partition coefficient (Wildman–Crippen LogP) is 5.21. The molecular formula is C32H24N2. The summed E-state index contributed by atoms with van der Waals surface area (Å²) < 4.78 is 4.89. The highest BCUT2D eigenvalue weighted by Crippen LogP contribution is 2.41. The van der Waals surface area contributed by atoms with Gasteiger partial charge >= 0.3 is 0 Å². The van der Waals surface area contributed by atoms with Crippen LogP contribution < -0.4 is 21.1 Å². The predicted molar refractivity (Wildman–Crippen MR) is 149 cm³/mol. The Balaban J connectivity index is 2.09. The summed E-state index contributed by atoms with van der Waals surface area (Å²) >= 11 is 0. The highest BCUT2D eigenvalue weighted by atomic mass is 14.9. The number of hydrogen-bond acceptors (Lipinski definition) is 0. The molecular weight excluding hydrogens is 412 g/mol. The van der Waals surface area contributed by atoms with Gasteiger partial charge in [-0.25, -0.2) is 0 Å². The van der Waals surface area contributed by atoms with Gasteiger partial charge < -0.3 is 8.80 Å². The molecule has 7 rings (SSSR count). The summed E-state index contributed by atoms with van der Waals surface area (Å²) in [5.41, 5.74) is 5.07. The van der Waals surface area contributed by atoms with E-state index in [1.165, 1.54) is 75.5 Å². The van der Waals surface area contributed by atoms with Crippen molar-refractivity contribution < 1.29 is 0 Å². The molecule has 162 valence electrons. The van der Waals surface area contributed by atoms with Crippen molar-refractivity contribution in [2.75, 3.05) is 0 Å². The van der Waals surface area contributed by atoms with E-state index >= 15 is 0 Å². The van der Waals surface area contributed by atoms with Crippen LogP contribution in [0.1, 0.15) is 13.8 Å². The van der Waals surface area contributed by atoms with Gasteiger partial charge in [-0.1, -0.05) is 73.9 Å². The molecule has 3 aromatic carbocycles. The van der Waals surface area contributed by atoms with Crippen LogP contribution in [0.25, 0.3) is 78.7 Å². The number of para-hydroxylation sites is 2. The number of fused-ring (bicyclic) bond motifs is 8. The Hall–Kier alpha value is -4.30. The SMILES string of the molecule is C=C/C=c1\c(=C/C)c2c3c4ccccc4n4c(=C/C=C)/c(=C\C)c(c5c6ccccc6n1c25)c34. The van der Waals surface area contributed by atoms with Crippen molar-refractivity contribution in [3.05, 3.63) is 95.0 Å². The quantitative estimate of drug-likeness (QED) is 0.352. The number of hydrogen-bond donors (Lipinski definition) is 0. The number of benzene rings is 3. The van der Waals surface area contributed by atoms with Gasteiger partial charge in [-0.3, -0.25) is 0 Å². The minimum absolute atomic E-state index is 1.19. The molecule has 0 aliphatic carbocycles. The zero-order valence-corrected chi connectivity index (χ0v) is 19.4. The monoisotopic (exact) mass is 436 g/mol. The molecule has 0 saturated heterocycles. The third-order valence-corrected chi connectivity index (χ3v) is 7.42. The first-order valence-electron chi connectivity index (χ1n) is 11.8. The fourth-order valence-electron chi connectivity index (χ4n) is 6.35. The van der Waals surface area contributed by atoms with Gasteiger partial charge in [0.15, 0.2) is 0 Å². The molecule has 34 heavy (non-hydrogen) atoms. The average Bonchev–Trinajstić information content (AvgIpc) is 3.56. The first kappa shape index (κ1) is 19.2. The van der Waals surface area contributed by atoms with E-state index in [0.29, 0.717) is 0 Å². The summed E-state index contributed by atoms with van der Waals surface area (Å²) in [5, 5.41) is 12.8. The molecule has 0 atom stereocenters. The minimum Gasteiger partial charge on any atom is -0.308 e. The second kappa shape index (κ2) is 6.61. The third kappa shape index (κ3) is 1.99. The largest absolute Gasteiger partial charge is 0.308 e. The minimum atomic E-state index is 1.19. The summed E-state index contributed by atoms with van der Waals surface area (Å²) in [6, 6.07) is 17.6. The van der Waals surface area contributed by atoms with Crippen molar-refractivity contribution in [3.63, 3.8) is 0 Å². The summed E-state index contributed by atoms with van der Waals surface area (Å²) in [7, 11) is 0. The zero-order chi connectivity index (χ0) is 23.1. The van der Waals surface area contributed by atoms with Crippen LogP contribution in [0.2, 0.25) is 0 Å². The van der Waals surface area contributed by atoms with Crippen LogP contribution in [-0.2, 0) is 0 Å². The van der Waals surface area contributed by atoms with E-state index in [1.807, 2.05) is 12.2 Å². The van der Waals surface area contributed by atoms with E-state index in [4.69, 9.17) is 0 Å². The second-order valence-corrected chi connectivity index (χ2v) is 8.88. The van der Waals surface area contributed by atoms with Crippen LogP contribution in [0.15, 0.2) is 73.8 Å². The van der Waals surface area contributed by atoms with E-state index in [-0.39, 0.29) is 0 Å². The van der Waals surface area contributed by atoms with Crippen molar-refractivity contribution in [2.24, 2.45) is 0 Å². The first-order chi connectivity index (χ1) is 16.8. The molecule has 4 heterocycles. The third-order valence-electron chi connectivity index (χ3n) is 7.42. The van der Waals surface area contributed by atoms with Gasteiger partial charge in [0.1, 0.15) is 0 Å². The molecule has 0 saturated carbocycles. The molecule has 0 aliphatic rings. The molecule has 0 spiro atoms. The van der Waals surface area contributed by atoms with Crippen LogP contribution in [0.5, 0.6) is 0 Å². The summed E-state index contributed by atoms with van der Waals surface area (Å²) in [6.07, 6.45) is 12.6. The summed E-state index contributed by atoms with van der Waals surface area (Å²) in [4.78, 5) is 0. The molecule has 0 aliphatic heterocycles. The number of nitrogens with zero attached hydrogens (tertiary/aromatic N) is 2. The maximum absolute atomic E-state index is 4.04. The molecule has 0 amide bonds. The maximum atomic E-state index is 4.04. The lowest BCUT2D eigenvalue weighted by molar-refractivity contribution is 1.22. The van der Waals surface area contributed by atoms with E-state index < -0.39 is 0 Å². The van der Waals surface area contributed by atoms with Gasteiger partial charge in [0.25, 0.3) is 0 Å².